The molecule has 1 fully saturated rings. The highest BCUT2D eigenvalue weighted by Crippen LogP contribution is 2.28. The maximum atomic E-state index is 14.0. The van der Waals surface area contributed by atoms with Crippen LogP contribution in [-0.2, 0) is 17.8 Å². The van der Waals surface area contributed by atoms with E-state index < -0.39 is 6.09 Å². The molecule has 51 heavy (non-hydrogen) atoms. The Labute approximate surface area is 302 Å². The molecule has 0 spiro atoms. The van der Waals surface area contributed by atoms with Crippen LogP contribution < -0.4 is 25.0 Å². The van der Waals surface area contributed by atoms with Crippen molar-refractivity contribution in [3.8, 4) is 11.5 Å². The van der Waals surface area contributed by atoms with Gasteiger partial charge in [0.15, 0.2) is 0 Å². The number of ether oxygens (including phenoxy) is 2. The monoisotopic (exact) mass is 692 g/mol. The SMILES string of the molecule is CCC(C)NC(=O)Cc1cccc(CN(C(=O)Oc2c(C)cc(C)cc2C)c2ccnc(Nc3cccc(OCCCN4CCCCC4)c3)n2)c1. The van der Waals surface area contributed by atoms with Gasteiger partial charge in [0.2, 0.25) is 11.9 Å². The smallest absolute Gasteiger partial charge is 0.421 e. The second-order valence-electron chi connectivity index (χ2n) is 13.6. The third-order valence-corrected chi connectivity index (χ3v) is 9.07. The van der Waals surface area contributed by atoms with Crippen LogP contribution in [0.4, 0.5) is 22.2 Å². The standard InChI is InChI=1S/C41H52N6O4/c1-6-32(5)43-38(48)26-33-13-10-14-34(25-33)28-47(41(49)51-39-30(3)23-29(2)24-31(39)4)37-17-18-42-40(45-37)44-35-15-11-16-36(27-35)50-22-12-21-46-19-8-7-9-20-46/h10-11,13-18,23-25,27,32H,6-9,12,19-22,26,28H2,1-5H3,(H,43,48)(H,42,44,45). The largest absolute Gasteiger partial charge is 0.493 e. The molecule has 10 nitrogen and oxygen atoms in total. The summed E-state index contributed by atoms with van der Waals surface area (Å²) in [5, 5.41) is 6.30. The van der Waals surface area contributed by atoms with Crippen LogP contribution in [0.25, 0.3) is 0 Å². The molecular weight excluding hydrogens is 640 g/mol. The van der Waals surface area contributed by atoms with Crippen LogP contribution in [0.1, 0.15) is 73.8 Å². The lowest BCUT2D eigenvalue weighted by Crippen LogP contribution is -2.34. The van der Waals surface area contributed by atoms with E-state index in [1.54, 1.807) is 12.3 Å². The van der Waals surface area contributed by atoms with Gasteiger partial charge in [0.25, 0.3) is 0 Å². The van der Waals surface area contributed by atoms with Crippen molar-refractivity contribution in [3.63, 3.8) is 0 Å². The zero-order valence-electron chi connectivity index (χ0n) is 30.7. The van der Waals surface area contributed by atoms with Gasteiger partial charge >= 0.3 is 6.09 Å². The molecule has 4 aromatic rings. The number of nitrogens with zero attached hydrogens (tertiary/aromatic N) is 4. The summed E-state index contributed by atoms with van der Waals surface area (Å²) < 4.78 is 12.1. The van der Waals surface area contributed by atoms with Gasteiger partial charge in [0.1, 0.15) is 17.3 Å². The minimum absolute atomic E-state index is 0.0403. The Balaban J connectivity index is 1.33. The highest BCUT2D eigenvalue weighted by atomic mass is 16.6. The predicted molar refractivity (Wildman–Crippen MR) is 203 cm³/mol. The summed E-state index contributed by atoms with van der Waals surface area (Å²) in [7, 11) is 0. The normalized spacial score (nSPS) is 13.7. The summed E-state index contributed by atoms with van der Waals surface area (Å²) >= 11 is 0. The van der Waals surface area contributed by atoms with Gasteiger partial charge in [0, 0.05) is 30.5 Å². The number of hydrogen-bond acceptors (Lipinski definition) is 8. The maximum Gasteiger partial charge on any atom is 0.421 e. The number of amides is 2. The number of piperidine rings is 1. The second kappa shape index (κ2) is 18.3. The Kier molecular flexibility index (Phi) is 13.4. The minimum Gasteiger partial charge on any atom is -0.493 e. The van der Waals surface area contributed by atoms with Gasteiger partial charge in [-0.25, -0.2) is 9.78 Å². The summed E-state index contributed by atoms with van der Waals surface area (Å²) in [6.07, 6.45) is 7.03. The maximum absolute atomic E-state index is 14.0. The van der Waals surface area contributed by atoms with Gasteiger partial charge in [0.05, 0.1) is 19.6 Å². The third kappa shape index (κ3) is 11.3. The number of aromatic nitrogens is 2. The molecule has 5 rings (SSSR count). The van der Waals surface area contributed by atoms with E-state index in [-0.39, 0.29) is 24.9 Å². The van der Waals surface area contributed by atoms with Crippen molar-refractivity contribution in [1.29, 1.82) is 0 Å². The first-order valence-corrected chi connectivity index (χ1v) is 18.2. The number of aryl methyl sites for hydroxylation is 3. The van der Waals surface area contributed by atoms with Crippen LogP contribution in [0, 0.1) is 20.8 Å². The van der Waals surface area contributed by atoms with Crippen LogP contribution in [0.3, 0.4) is 0 Å². The van der Waals surface area contributed by atoms with E-state index in [9.17, 15) is 9.59 Å². The van der Waals surface area contributed by atoms with E-state index in [0.717, 1.165) is 58.6 Å². The first-order chi connectivity index (χ1) is 24.7. The molecule has 1 aromatic heterocycles. The molecule has 0 radical (unpaired) electrons. The van der Waals surface area contributed by atoms with Crippen molar-refractivity contribution in [2.45, 2.75) is 85.7 Å². The van der Waals surface area contributed by atoms with Crippen LogP contribution in [-0.4, -0.2) is 59.2 Å². The molecule has 1 unspecified atom stereocenters. The number of rotatable bonds is 15. The van der Waals surface area contributed by atoms with Crippen molar-refractivity contribution >= 4 is 29.5 Å². The molecule has 0 saturated carbocycles. The highest BCUT2D eigenvalue weighted by Gasteiger charge is 2.23. The third-order valence-electron chi connectivity index (χ3n) is 9.07. The zero-order valence-corrected chi connectivity index (χ0v) is 30.7. The van der Waals surface area contributed by atoms with Crippen molar-refractivity contribution in [2.75, 3.05) is 36.5 Å². The molecule has 1 saturated heterocycles. The number of hydrogen-bond donors (Lipinski definition) is 2. The van der Waals surface area contributed by atoms with Gasteiger partial charge in [-0.05, 0) is 107 Å². The van der Waals surface area contributed by atoms with Gasteiger partial charge < -0.3 is 25.0 Å². The van der Waals surface area contributed by atoms with Gasteiger partial charge in [-0.1, -0.05) is 61.4 Å². The lowest BCUT2D eigenvalue weighted by molar-refractivity contribution is -0.121. The summed E-state index contributed by atoms with van der Waals surface area (Å²) in [5.41, 5.74) is 5.28. The molecule has 0 aliphatic carbocycles. The Morgan fingerprint density at radius 2 is 1.69 bits per heavy atom. The van der Waals surface area contributed by atoms with Crippen LogP contribution in [0.15, 0.2) is 72.9 Å². The number of likely N-dealkylation sites (tertiary alicyclic amines) is 1. The number of carbonyl (C=O) groups is 2. The average Bonchev–Trinajstić information content (AvgIpc) is 3.11. The fourth-order valence-electron chi connectivity index (χ4n) is 6.36. The Bertz CT molecular complexity index is 1750. The molecule has 1 aliphatic heterocycles. The van der Waals surface area contributed by atoms with Crippen molar-refractivity contribution < 1.29 is 19.1 Å². The zero-order chi connectivity index (χ0) is 36.2. The fraction of sp³-hybridized carbons (Fsp3) is 0.415. The van der Waals surface area contributed by atoms with Crippen LogP contribution in [0.2, 0.25) is 0 Å². The summed E-state index contributed by atoms with van der Waals surface area (Å²) in [4.78, 5) is 39.8. The van der Waals surface area contributed by atoms with Crippen molar-refractivity contribution in [1.82, 2.24) is 20.2 Å². The molecule has 1 atom stereocenters. The molecule has 2 N–H and O–H groups in total. The van der Waals surface area contributed by atoms with Gasteiger partial charge in [-0.3, -0.25) is 9.69 Å². The Hall–Kier alpha value is -4.96. The van der Waals surface area contributed by atoms with Gasteiger partial charge in [-0.2, -0.15) is 4.98 Å². The molecule has 2 amide bonds. The summed E-state index contributed by atoms with van der Waals surface area (Å²) in [5.74, 6) is 1.94. The lowest BCUT2D eigenvalue weighted by Gasteiger charge is -2.26. The van der Waals surface area contributed by atoms with E-state index in [1.165, 1.54) is 37.3 Å². The lowest BCUT2D eigenvalue weighted by atomic mass is 10.1. The number of anilines is 3. The minimum atomic E-state index is -0.574. The Morgan fingerprint density at radius 3 is 2.45 bits per heavy atom. The molecule has 0 bridgehead atoms. The van der Waals surface area contributed by atoms with E-state index >= 15 is 0 Å². The quantitative estimate of drug-likeness (QED) is 0.121. The molecule has 2 heterocycles. The van der Waals surface area contributed by atoms with Crippen molar-refractivity contribution in [2.24, 2.45) is 0 Å². The molecule has 1 aliphatic rings. The van der Waals surface area contributed by atoms with E-state index in [0.29, 0.717) is 24.1 Å². The highest BCUT2D eigenvalue weighted by molar-refractivity contribution is 5.88. The number of benzene rings is 3. The van der Waals surface area contributed by atoms with E-state index in [1.807, 2.05) is 95.3 Å². The second-order valence-corrected chi connectivity index (χ2v) is 13.6. The fourth-order valence-corrected chi connectivity index (χ4v) is 6.36. The van der Waals surface area contributed by atoms with Crippen LogP contribution >= 0.6 is 0 Å². The predicted octanol–water partition coefficient (Wildman–Crippen LogP) is 8.06. The van der Waals surface area contributed by atoms with Crippen molar-refractivity contribution in [3.05, 3.63) is 101 Å². The Morgan fingerprint density at radius 1 is 0.941 bits per heavy atom. The average molecular weight is 693 g/mol. The summed E-state index contributed by atoms with van der Waals surface area (Å²) in [6, 6.07) is 21.2. The molecule has 270 valence electrons. The first kappa shape index (κ1) is 37.3. The molecule has 3 aromatic carbocycles. The first-order valence-electron chi connectivity index (χ1n) is 18.2. The number of nitrogens with one attached hydrogen (secondary N) is 2. The topological polar surface area (TPSA) is 109 Å². The van der Waals surface area contributed by atoms with E-state index in [4.69, 9.17) is 14.5 Å². The van der Waals surface area contributed by atoms with Gasteiger partial charge in [-0.15, -0.1) is 0 Å². The molecule has 10 heteroatoms. The van der Waals surface area contributed by atoms with Crippen LogP contribution in [0.5, 0.6) is 11.5 Å². The summed E-state index contributed by atoms with van der Waals surface area (Å²) in [6.45, 7) is 14.1. The number of carbonyl (C=O) groups excluding carboxylic acids is 2. The molecular formula is C41H52N6O4. The van der Waals surface area contributed by atoms with E-state index in [2.05, 4.69) is 20.5 Å².